The van der Waals surface area contributed by atoms with Crippen LogP contribution in [0.25, 0.3) is 0 Å². The zero-order valence-corrected chi connectivity index (χ0v) is 10.1. The number of rotatable bonds is 1. The van der Waals surface area contributed by atoms with E-state index in [0.29, 0.717) is 11.1 Å². The van der Waals surface area contributed by atoms with Crippen molar-refractivity contribution in [3.05, 3.63) is 59.7 Å². The van der Waals surface area contributed by atoms with Crippen molar-refractivity contribution >= 4 is 0 Å². The van der Waals surface area contributed by atoms with E-state index in [0.717, 1.165) is 0 Å². The quantitative estimate of drug-likeness (QED) is 0.806. The Morgan fingerprint density at radius 2 is 1.25 bits per heavy atom. The summed E-state index contributed by atoms with van der Waals surface area (Å²) in [4.78, 5) is 0. The van der Waals surface area contributed by atoms with Gasteiger partial charge in [-0.3, -0.25) is 0 Å². The molecule has 0 amide bonds. The fourth-order valence-corrected chi connectivity index (χ4v) is 1.43. The van der Waals surface area contributed by atoms with Crippen LogP contribution in [-0.2, 0) is 0 Å². The number of aromatic hydroxyl groups is 1. The summed E-state index contributed by atoms with van der Waals surface area (Å²) in [6, 6.07) is 11.6. The van der Waals surface area contributed by atoms with Gasteiger partial charge in [-0.2, -0.15) is 0 Å². The molecule has 2 aromatic carbocycles. The lowest BCUT2D eigenvalue weighted by Gasteiger charge is -2.07. The molecule has 0 aliphatic rings. The highest BCUT2D eigenvalue weighted by Gasteiger charge is 2.30. The maximum Gasteiger partial charge on any atom is 0.573 e. The minimum absolute atomic E-state index is 0.143. The molecule has 102 valence electrons. The Morgan fingerprint density at radius 1 is 0.800 bits per heavy atom. The maximum absolute atomic E-state index is 12.0. The largest absolute Gasteiger partial charge is 0.573 e. The van der Waals surface area contributed by atoms with Crippen LogP contribution in [0.5, 0.6) is 11.5 Å². The van der Waals surface area contributed by atoms with Gasteiger partial charge in [-0.1, -0.05) is 11.8 Å². The molecule has 0 atom stereocenters. The van der Waals surface area contributed by atoms with E-state index < -0.39 is 6.36 Å². The van der Waals surface area contributed by atoms with Gasteiger partial charge in [-0.05, 0) is 48.5 Å². The molecule has 0 saturated heterocycles. The second-order valence-electron chi connectivity index (χ2n) is 3.87. The average Bonchev–Trinajstić information content (AvgIpc) is 2.38. The van der Waals surface area contributed by atoms with Crippen LogP contribution in [-0.4, -0.2) is 11.5 Å². The number of hydrogen-bond acceptors (Lipinski definition) is 2. The molecule has 0 bridgehead atoms. The van der Waals surface area contributed by atoms with E-state index in [-0.39, 0.29) is 11.5 Å². The van der Waals surface area contributed by atoms with Gasteiger partial charge in [0.1, 0.15) is 11.5 Å². The molecular weight excluding hydrogens is 269 g/mol. The normalized spacial score (nSPS) is 10.6. The second kappa shape index (κ2) is 5.57. The molecule has 5 heteroatoms. The third kappa shape index (κ3) is 4.25. The second-order valence-corrected chi connectivity index (χ2v) is 3.87. The van der Waals surface area contributed by atoms with Crippen molar-refractivity contribution in [2.75, 3.05) is 0 Å². The van der Waals surface area contributed by atoms with Crippen LogP contribution < -0.4 is 4.74 Å². The van der Waals surface area contributed by atoms with Crippen LogP contribution in [0.15, 0.2) is 48.5 Å². The highest BCUT2D eigenvalue weighted by atomic mass is 19.4. The van der Waals surface area contributed by atoms with E-state index in [9.17, 15) is 13.2 Å². The van der Waals surface area contributed by atoms with Gasteiger partial charge in [-0.25, -0.2) is 0 Å². The first-order valence-electron chi connectivity index (χ1n) is 5.59. The molecule has 0 aromatic heterocycles. The van der Waals surface area contributed by atoms with E-state index in [4.69, 9.17) is 5.11 Å². The Hall–Kier alpha value is -2.61. The van der Waals surface area contributed by atoms with E-state index in [1.807, 2.05) is 0 Å². The van der Waals surface area contributed by atoms with Crippen molar-refractivity contribution in [1.82, 2.24) is 0 Å². The molecular formula is C15H9F3O2. The molecule has 0 radical (unpaired) electrons. The minimum Gasteiger partial charge on any atom is -0.508 e. The third-order valence-corrected chi connectivity index (χ3v) is 2.31. The smallest absolute Gasteiger partial charge is 0.508 e. The molecule has 0 aliphatic heterocycles. The van der Waals surface area contributed by atoms with Crippen LogP contribution in [0, 0.1) is 11.8 Å². The summed E-state index contributed by atoms with van der Waals surface area (Å²) >= 11 is 0. The van der Waals surface area contributed by atoms with Gasteiger partial charge in [0.2, 0.25) is 0 Å². The van der Waals surface area contributed by atoms with E-state index in [1.54, 1.807) is 12.1 Å². The Balaban J connectivity index is 2.10. The lowest BCUT2D eigenvalue weighted by atomic mass is 10.2. The molecule has 0 aliphatic carbocycles. The van der Waals surface area contributed by atoms with Gasteiger partial charge in [0.25, 0.3) is 0 Å². The summed E-state index contributed by atoms with van der Waals surface area (Å²) in [7, 11) is 0. The van der Waals surface area contributed by atoms with Crippen LogP contribution in [0.2, 0.25) is 0 Å². The lowest BCUT2D eigenvalue weighted by molar-refractivity contribution is -0.274. The Bertz CT molecular complexity index is 632. The highest BCUT2D eigenvalue weighted by molar-refractivity contribution is 5.45. The molecule has 0 fully saturated rings. The number of phenols is 1. The number of halogens is 3. The topological polar surface area (TPSA) is 29.5 Å². The monoisotopic (exact) mass is 278 g/mol. The molecule has 2 nitrogen and oxygen atoms in total. The van der Waals surface area contributed by atoms with E-state index in [1.165, 1.54) is 36.4 Å². The first-order valence-corrected chi connectivity index (χ1v) is 5.59. The molecule has 2 rings (SSSR count). The summed E-state index contributed by atoms with van der Waals surface area (Å²) in [5, 5.41) is 9.11. The summed E-state index contributed by atoms with van der Waals surface area (Å²) < 4.78 is 39.7. The molecule has 0 spiro atoms. The molecule has 2 aromatic rings. The van der Waals surface area contributed by atoms with Gasteiger partial charge >= 0.3 is 6.36 Å². The predicted octanol–water partition coefficient (Wildman–Crippen LogP) is 3.69. The standard InChI is InChI=1S/C15H9F3O2/c16-15(17,18)20-14-9-5-12(6-10-14)2-1-11-3-7-13(19)8-4-11/h3-10,19H. The number of benzene rings is 2. The van der Waals surface area contributed by atoms with Gasteiger partial charge in [0, 0.05) is 11.1 Å². The Kier molecular flexibility index (Phi) is 3.85. The predicted molar refractivity (Wildman–Crippen MR) is 67.2 cm³/mol. The van der Waals surface area contributed by atoms with Crippen molar-refractivity contribution in [2.45, 2.75) is 6.36 Å². The fraction of sp³-hybridized carbons (Fsp3) is 0.0667. The van der Waals surface area contributed by atoms with Gasteiger partial charge in [0.15, 0.2) is 0 Å². The molecule has 0 unspecified atom stereocenters. The summed E-state index contributed by atoms with van der Waals surface area (Å²) in [5.41, 5.74) is 1.26. The zero-order chi connectivity index (χ0) is 14.6. The number of alkyl halides is 3. The van der Waals surface area contributed by atoms with Gasteiger partial charge in [0.05, 0.1) is 0 Å². The first kappa shape index (κ1) is 13.8. The Morgan fingerprint density at radius 3 is 1.70 bits per heavy atom. The first-order chi connectivity index (χ1) is 9.42. The van der Waals surface area contributed by atoms with Crippen LogP contribution in [0.3, 0.4) is 0 Å². The van der Waals surface area contributed by atoms with Crippen molar-refractivity contribution in [2.24, 2.45) is 0 Å². The summed E-state index contributed by atoms with van der Waals surface area (Å²) in [6.45, 7) is 0. The minimum atomic E-state index is -4.70. The number of ether oxygens (including phenoxy) is 1. The zero-order valence-electron chi connectivity index (χ0n) is 10.1. The van der Waals surface area contributed by atoms with Gasteiger partial charge < -0.3 is 9.84 Å². The summed E-state index contributed by atoms with van der Waals surface area (Å²) in [6.07, 6.45) is -4.70. The van der Waals surface area contributed by atoms with E-state index in [2.05, 4.69) is 16.6 Å². The van der Waals surface area contributed by atoms with E-state index >= 15 is 0 Å². The molecule has 1 N–H and O–H groups in total. The van der Waals surface area contributed by atoms with Gasteiger partial charge in [-0.15, -0.1) is 13.2 Å². The van der Waals surface area contributed by atoms with Crippen LogP contribution in [0.4, 0.5) is 13.2 Å². The molecule has 0 heterocycles. The number of hydrogen-bond donors (Lipinski definition) is 1. The summed E-state index contributed by atoms with van der Waals surface area (Å²) in [5.74, 6) is 5.49. The average molecular weight is 278 g/mol. The van der Waals surface area contributed by atoms with Crippen molar-refractivity contribution < 1.29 is 23.0 Å². The van der Waals surface area contributed by atoms with Crippen molar-refractivity contribution in [3.63, 3.8) is 0 Å². The highest BCUT2D eigenvalue weighted by Crippen LogP contribution is 2.22. The third-order valence-electron chi connectivity index (χ3n) is 2.31. The van der Waals surface area contributed by atoms with Crippen molar-refractivity contribution in [1.29, 1.82) is 0 Å². The fourth-order valence-electron chi connectivity index (χ4n) is 1.43. The van der Waals surface area contributed by atoms with Crippen LogP contribution in [0.1, 0.15) is 11.1 Å². The Labute approximate surface area is 113 Å². The lowest BCUT2D eigenvalue weighted by Crippen LogP contribution is -2.16. The number of phenolic OH excluding ortho intramolecular Hbond substituents is 1. The van der Waals surface area contributed by atoms with Crippen LogP contribution >= 0.6 is 0 Å². The SMILES string of the molecule is Oc1ccc(C#Cc2ccc(OC(F)(F)F)cc2)cc1. The molecule has 20 heavy (non-hydrogen) atoms. The maximum atomic E-state index is 12.0. The molecule has 0 saturated carbocycles. The van der Waals surface area contributed by atoms with Crippen molar-refractivity contribution in [3.8, 4) is 23.3 Å².